The van der Waals surface area contributed by atoms with Gasteiger partial charge in [0, 0.05) is 26.7 Å². The summed E-state index contributed by atoms with van der Waals surface area (Å²) in [6, 6.07) is 0. The smallest absolute Gasteiger partial charge is 0.236 e. The second kappa shape index (κ2) is 8.45. The van der Waals surface area contributed by atoms with Gasteiger partial charge in [0.15, 0.2) is 0 Å². The Kier molecular flexibility index (Phi) is 7.23. The van der Waals surface area contributed by atoms with Crippen LogP contribution in [0.2, 0.25) is 0 Å². The van der Waals surface area contributed by atoms with E-state index in [4.69, 9.17) is 5.73 Å². The SMILES string of the molecule is CN(CCN1CCCC1)CC(=O)N(C)CCCN. The number of nitrogens with two attached hydrogens (primary N) is 1. The van der Waals surface area contributed by atoms with Crippen molar-refractivity contribution >= 4 is 5.91 Å². The first kappa shape index (κ1) is 15.4. The highest BCUT2D eigenvalue weighted by molar-refractivity contribution is 5.77. The van der Waals surface area contributed by atoms with Crippen molar-refractivity contribution in [1.29, 1.82) is 0 Å². The molecule has 0 bridgehead atoms. The minimum Gasteiger partial charge on any atom is -0.345 e. The van der Waals surface area contributed by atoms with E-state index >= 15 is 0 Å². The molecule has 0 unspecified atom stereocenters. The highest BCUT2D eigenvalue weighted by Gasteiger charge is 2.14. The fourth-order valence-electron chi connectivity index (χ4n) is 2.20. The highest BCUT2D eigenvalue weighted by atomic mass is 16.2. The number of carbonyl (C=O) groups excluding carboxylic acids is 1. The predicted molar refractivity (Wildman–Crippen MR) is 74.5 cm³/mol. The third-order valence-electron chi connectivity index (χ3n) is 3.53. The molecule has 1 fully saturated rings. The Hall–Kier alpha value is -0.650. The van der Waals surface area contributed by atoms with Crippen molar-refractivity contribution in [1.82, 2.24) is 14.7 Å². The van der Waals surface area contributed by atoms with E-state index in [9.17, 15) is 4.79 Å². The second-order valence-electron chi connectivity index (χ2n) is 5.24. The lowest BCUT2D eigenvalue weighted by Crippen LogP contribution is -2.40. The van der Waals surface area contributed by atoms with Crippen LogP contribution in [0, 0.1) is 0 Å². The molecule has 106 valence electrons. The molecule has 0 aromatic rings. The quantitative estimate of drug-likeness (QED) is 0.655. The van der Waals surface area contributed by atoms with E-state index in [0.29, 0.717) is 13.1 Å². The number of nitrogens with zero attached hydrogens (tertiary/aromatic N) is 3. The van der Waals surface area contributed by atoms with Crippen molar-refractivity contribution in [2.24, 2.45) is 5.73 Å². The van der Waals surface area contributed by atoms with Gasteiger partial charge in [-0.05, 0) is 45.9 Å². The van der Waals surface area contributed by atoms with E-state index < -0.39 is 0 Å². The average Bonchev–Trinajstić information content (AvgIpc) is 2.86. The highest BCUT2D eigenvalue weighted by Crippen LogP contribution is 2.06. The minimum atomic E-state index is 0.187. The van der Waals surface area contributed by atoms with Crippen LogP contribution in [0.4, 0.5) is 0 Å². The fraction of sp³-hybridized carbons (Fsp3) is 0.923. The van der Waals surface area contributed by atoms with Crippen LogP contribution < -0.4 is 5.73 Å². The van der Waals surface area contributed by atoms with Crippen LogP contribution in [0.15, 0.2) is 0 Å². The molecule has 0 aliphatic carbocycles. The molecule has 5 heteroatoms. The van der Waals surface area contributed by atoms with Gasteiger partial charge in [-0.3, -0.25) is 9.69 Å². The number of likely N-dealkylation sites (N-methyl/N-ethyl adjacent to an activating group) is 2. The van der Waals surface area contributed by atoms with E-state index in [1.807, 2.05) is 14.1 Å². The van der Waals surface area contributed by atoms with Gasteiger partial charge >= 0.3 is 0 Å². The summed E-state index contributed by atoms with van der Waals surface area (Å²) in [5.41, 5.74) is 5.44. The fourth-order valence-corrected chi connectivity index (χ4v) is 2.20. The summed E-state index contributed by atoms with van der Waals surface area (Å²) in [6.45, 7) is 6.40. The van der Waals surface area contributed by atoms with Gasteiger partial charge in [-0.25, -0.2) is 0 Å². The Bertz CT molecular complexity index is 241. The number of amides is 1. The molecule has 0 saturated carbocycles. The van der Waals surface area contributed by atoms with Crippen molar-refractivity contribution in [3.63, 3.8) is 0 Å². The molecule has 18 heavy (non-hydrogen) atoms. The van der Waals surface area contributed by atoms with Gasteiger partial charge < -0.3 is 15.5 Å². The number of likely N-dealkylation sites (tertiary alicyclic amines) is 1. The lowest BCUT2D eigenvalue weighted by Gasteiger charge is -2.23. The molecule has 0 aromatic carbocycles. The molecule has 1 aliphatic heterocycles. The van der Waals surface area contributed by atoms with Crippen LogP contribution in [0.1, 0.15) is 19.3 Å². The average molecular weight is 256 g/mol. The molecule has 1 heterocycles. The van der Waals surface area contributed by atoms with Crippen LogP contribution in [0.3, 0.4) is 0 Å². The molecule has 5 nitrogen and oxygen atoms in total. The van der Waals surface area contributed by atoms with E-state index in [-0.39, 0.29) is 5.91 Å². The van der Waals surface area contributed by atoms with Crippen LogP contribution in [-0.4, -0.2) is 80.5 Å². The van der Waals surface area contributed by atoms with Gasteiger partial charge in [0.1, 0.15) is 0 Å². The zero-order valence-electron chi connectivity index (χ0n) is 11.9. The molecular formula is C13H28N4O. The second-order valence-corrected chi connectivity index (χ2v) is 5.24. The number of hydrogen-bond acceptors (Lipinski definition) is 4. The first-order valence-corrected chi connectivity index (χ1v) is 6.98. The van der Waals surface area contributed by atoms with Gasteiger partial charge in [-0.1, -0.05) is 0 Å². The molecule has 1 rings (SSSR count). The molecule has 1 saturated heterocycles. The summed E-state index contributed by atoms with van der Waals surface area (Å²) in [4.78, 5) is 18.2. The maximum Gasteiger partial charge on any atom is 0.236 e. The standard InChI is InChI=1S/C13H28N4O/c1-15(10-11-17-8-3-4-9-17)12-13(18)16(2)7-5-6-14/h3-12,14H2,1-2H3. The summed E-state index contributed by atoms with van der Waals surface area (Å²) in [6.07, 6.45) is 3.52. The molecule has 0 radical (unpaired) electrons. The van der Waals surface area contributed by atoms with Crippen molar-refractivity contribution in [2.45, 2.75) is 19.3 Å². The van der Waals surface area contributed by atoms with Crippen molar-refractivity contribution in [3.8, 4) is 0 Å². The van der Waals surface area contributed by atoms with Crippen molar-refractivity contribution in [3.05, 3.63) is 0 Å². The Balaban J connectivity index is 2.13. The van der Waals surface area contributed by atoms with Crippen LogP contribution in [0.25, 0.3) is 0 Å². The number of rotatable bonds is 8. The summed E-state index contributed by atoms with van der Waals surface area (Å²) in [5, 5.41) is 0. The molecular weight excluding hydrogens is 228 g/mol. The molecule has 0 aromatic heterocycles. The third-order valence-corrected chi connectivity index (χ3v) is 3.53. The van der Waals surface area contributed by atoms with Crippen LogP contribution in [-0.2, 0) is 4.79 Å². The lowest BCUT2D eigenvalue weighted by molar-refractivity contribution is -0.130. The summed E-state index contributed by atoms with van der Waals surface area (Å²) in [7, 11) is 3.87. The maximum atomic E-state index is 11.9. The Morgan fingerprint density at radius 1 is 1.22 bits per heavy atom. The number of hydrogen-bond donors (Lipinski definition) is 1. The van der Waals surface area contributed by atoms with E-state index in [2.05, 4.69) is 9.80 Å². The van der Waals surface area contributed by atoms with Crippen LogP contribution in [0.5, 0.6) is 0 Å². The number of carbonyl (C=O) groups is 1. The van der Waals surface area contributed by atoms with E-state index in [1.165, 1.54) is 25.9 Å². The summed E-state index contributed by atoms with van der Waals surface area (Å²) < 4.78 is 0. The van der Waals surface area contributed by atoms with Crippen molar-refractivity contribution < 1.29 is 4.79 Å². The van der Waals surface area contributed by atoms with Gasteiger partial charge in [0.05, 0.1) is 6.54 Å². The molecule has 1 aliphatic rings. The molecule has 0 atom stereocenters. The van der Waals surface area contributed by atoms with Gasteiger partial charge in [0.25, 0.3) is 0 Å². The van der Waals surface area contributed by atoms with Gasteiger partial charge in [-0.2, -0.15) is 0 Å². The van der Waals surface area contributed by atoms with Gasteiger partial charge in [-0.15, -0.1) is 0 Å². The summed E-state index contributed by atoms with van der Waals surface area (Å²) >= 11 is 0. The monoisotopic (exact) mass is 256 g/mol. The minimum absolute atomic E-state index is 0.187. The topological polar surface area (TPSA) is 52.8 Å². The van der Waals surface area contributed by atoms with Gasteiger partial charge in [0.2, 0.25) is 5.91 Å². The Labute approximate surface area is 111 Å². The summed E-state index contributed by atoms with van der Waals surface area (Å²) in [5.74, 6) is 0.187. The largest absolute Gasteiger partial charge is 0.345 e. The third kappa shape index (κ3) is 5.80. The normalized spacial score (nSPS) is 16.4. The van der Waals surface area contributed by atoms with Crippen molar-refractivity contribution in [2.75, 3.05) is 59.9 Å². The molecule has 1 amide bonds. The van der Waals surface area contributed by atoms with Crippen LogP contribution >= 0.6 is 0 Å². The maximum absolute atomic E-state index is 11.9. The predicted octanol–water partition coefficient (Wildman–Crippen LogP) is -0.179. The first-order chi connectivity index (χ1) is 8.63. The molecule has 0 spiro atoms. The Morgan fingerprint density at radius 3 is 2.50 bits per heavy atom. The zero-order chi connectivity index (χ0) is 13.4. The Morgan fingerprint density at radius 2 is 1.89 bits per heavy atom. The van der Waals surface area contributed by atoms with E-state index in [0.717, 1.165) is 26.1 Å². The lowest BCUT2D eigenvalue weighted by atomic mass is 10.3. The first-order valence-electron chi connectivity index (χ1n) is 6.98. The molecule has 2 N–H and O–H groups in total. The van der Waals surface area contributed by atoms with E-state index in [1.54, 1.807) is 4.90 Å². The zero-order valence-corrected chi connectivity index (χ0v) is 11.9.